The van der Waals surface area contributed by atoms with Gasteiger partial charge in [0.1, 0.15) is 18.1 Å². The monoisotopic (exact) mass is 387 g/mol. The minimum atomic E-state index is 0.282. The Morgan fingerprint density at radius 2 is 1.38 bits per heavy atom. The van der Waals surface area contributed by atoms with Gasteiger partial charge in [-0.15, -0.1) is 0 Å². The van der Waals surface area contributed by atoms with Crippen LogP contribution in [0, 0.1) is 0 Å². The number of ether oxygens (including phenoxy) is 1. The van der Waals surface area contributed by atoms with E-state index in [1.54, 1.807) is 12.1 Å². The summed E-state index contributed by atoms with van der Waals surface area (Å²) in [6.45, 7) is 3.73. The first-order chi connectivity index (χ1) is 14.1. The van der Waals surface area contributed by atoms with Gasteiger partial charge in [0.15, 0.2) is 0 Å². The van der Waals surface area contributed by atoms with Gasteiger partial charge in [-0.05, 0) is 72.6 Å². The number of nitrogens with zero attached hydrogens (tertiary/aromatic N) is 1. The van der Waals surface area contributed by atoms with Crippen LogP contribution in [0.1, 0.15) is 30.0 Å². The van der Waals surface area contributed by atoms with Crippen molar-refractivity contribution >= 4 is 11.1 Å². The van der Waals surface area contributed by atoms with Crippen LogP contribution < -0.4 is 4.74 Å². The lowest BCUT2D eigenvalue weighted by Gasteiger charge is -2.17. The molecule has 0 saturated carbocycles. The second-order valence-corrected chi connectivity index (χ2v) is 7.30. The number of benzene rings is 3. The van der Waals surface area contributed by atoms with Crippen molar-refractivity contribution in [3.05, 3.63) is 95.6 Å². The molecule has 1 N–H and O–H groups in total. The SMILES string of the molecule is CCC(=C(c1ccccc1)c1ccc(OCCN(C)C)cc1)c1ccc(O)cc1. The van der Waals surface area contributed by atoms with Gasteiger partial charge >= 0.3 is 0 Å². The van der Waals surface area contributed by atoms with Crippen LogP contribution in [0.15, 0.2) is 78.9 Å². The van der Waals surface area contributed by atoms with Crippen molar-refractivity contribution in [2.45, 2.75) is 13.3 Å². The molecule has 3 rings (SSSR count). The predicted molar refractivity (Wildman–Crippen MR) is 121 cm³/mol. The zero-order chi connectivity index (χ0) is 20.6. The summed E-state index contributed by atoms with van der Waals surface area (Å²) in [7, 11) is 4.08. The number of rotatable bonds is 8. The van der Waals surface area contributed by atoms with Gasteiger partial charge in [0.05, 0.1) is 0 Å². The highest BCUT2D eigenvalue weighted by atomic mass is 16.5. The number of hydrogen-bond donors (Lipinski definition) is 1. The van der Waals surface area contributed by atoms with Crippen molar-refractivity contribution in [1.29, 1.82) is 0 Å². The summed E-state index contributed by atoms with van der Waals surface area (Å²) in [4.78, 5) is 2.11. The van der Waals surface area contributed by atoms with E-state index in [9.17, 15) is 5.11 Å². The molecule has 0 bridgehead atoms. The molecule has 0 heterocycles. The van der Waals surface area contributed by atoms with Gasteiger partial charge < -0.3 is 14.7 Å². The molecule has 0 aliphatic carbocycles. The average molecular weight is 388 g/mol. The van der Waals surface area contributed by atoms with E-state index in [0.29, 0.717) is 6.61 Å². The molecule has 3 heteroatoms. The molecule has 0 radical (unpaired) electrons. The maximum absolute atomic E-state index is 9.69. The molecule has 3 nitrogen and oxygen atoms in total. The first kappa shape index (κ1) is 20.7. The van der Waals surface area contributed by atoms with Crippen molar-refractivity contribution in [2.75, 3.05) is 27.2 Å². The zero-order valence-corrected chi connectivity index (χ0v) is 17.4. The molecule has 0 aliphatic heterocycles. The average Bonchev–Trinajstić information content (AvgIpc) is 2.74. The first-order valence-corrected chi connectivity index (χ1v) is 10.0. The lowest BCUT2D eigenvalue weighted by molar-refractivity contribution is 0.261. The standard InChI is InChI=1S/C26H29NO2/c1-4-25(20-10-14-23(28)15-11-20)26(21-8-6-5-7-9-21)22-12-16-24(17-13-22)29-19-18-27(2)3/h5-17,28H,4,18-19H2,1-3H3. The summed E-state index contributed by atoms with van der Waals surface area (Å²) >= 11 is 0. The Kier molecular flexibility index (Phi) is 7.09. The number of phenols is 1. The van der Waals surface area contributed by atoms with Gasteiger partial charge in [0.25, 0.3) is 0 Å². The van der Waals surface area contributed by atoms with E-state index < -0.39 is 0 Å². The fourth-order valence-electron chi connectivity index (χ4n) is 3.37. The van der Waals surface area contributed by atoms with Gasteiger partial charge in [-0.25, -0.2) is 0 Å². The van der Waals surface area contributed by atoms with Crippen molar-refractivity contribution in [2.24, 2.45) is 0 Å². The fraction of sp³-hybridized carbons (Fsp3) is 0.231. The molecular formula is C26H29NO2. The third-order valence-electron chi connectivity index (χ3n) is 4.88. The minimum absolute atomic E-state index is 0.282. The molecular weight excluding hydrogens is 358 g/mol. The number of hydrogen-bond acceptors (Lipinski definition) is 3. The van der Waals surface area contributed by atoms with Gasteiger partial charge in [-0.3, -0.25) is 0 Å². The minimum Gasteiger partial charge on any atom is -0.508 e. The lowest BCUT2D eigenvalue weighted by Crippen LogP contribution is -2.19. The van der Waals surface area contributed by atoms with Crippen LogP contribution in [0.5, 0.6) is 11.5 Å². The van der Waals surface area contributed by atoms with Gasteiger partial charge in [0, 0.05) is 6.54 Å². The first-order valence-electron chi connectivity index (χ1n) is 10.0. The maximum Gasteiger partial charge on any atom is 0.119 e. The van der Waals surface area contributed by atoms with Crippen LogP contribution in [-0.4, -0.2) is 37.3 Å². The maximum atomic E-state index is 9.69. The number of likely N-dealkylation sites (N-methyl/N-ethyl adjacent to an activating group) is 1. The van der Waals surface area contributed by atoms with Crippen molar-refractivity contribution in [3.63, 3.8) is 0 Å². The molecule has 0 spiro atoms. The second-order valence-electron chi connectivity index (χ2n) is 7.30. The molecule has 0 aromatic heterocycles. The Labute approximate surface area is 173 Å². The Morgan fingerprint density at radius 3 is 1.97 bits per heavy atom. The van der Waals surface area contributed by atoms with Crippen LogP contribution in [0.2, 0.25) is 0 Å². The van der Waals surface area contributed by atoms with Crippen LogP contribution >= 0.6 is 0 Å². The number of aromatic hydroxyl groups is 1. The van der Waals surface area contributed by atoms with Crippen LogP contribution in [0.25, 0.3) is 11.1 Å². The van der Waals surface area contributed by atoms with E-state index in [-0.39, 0.29) is 5.75 Å². The number of allylic oxidation sites excluding steroid dienone is 1. The molecule has 0 atom stereocenters. The fourth-order valence-corrected chi connectivity index (χ4v) is 3.37. The molecule has 0 amide bonds. The largest absolute Gasteiger partial charge is 0.508 e. The Hall–Kier alpha value is -3.04. The highest BCUT2D eigenvalue weighted by Crippen LogP contribution is 2.35. The molecule has 0 unspecified atom stereocenters. The van der Waals surface area contributed by atoms with Gasteiger partial charge in [0.2, 0.25) is 0 Å². The number of phenolic OH excluding ortho intramolecular Hbond substituents is 1. The summed E-state index contributed by atoms with van der Waals surface area (Å²) in [5, 5.41) is 9.69. The van der Waals surface area contributed by atoms with Crippen molar-refractivity contribution < 1.29 is 9.84 Å². The quantitative estimate of drug-likeness (QED) is 0.503. The molecule has 0 fully saturated rings. The van der Waals surface area contributed by atoms with E-state index in [1.165, 1.54) is 16.7 Å². The smallest absolute Gasteiger partial charge is 0.119 e. The van der Waals surface area contributed by atoms with E-state index in [1.807, 2.05) is 44.4 Å². The zero-order valence-electron chi connectivity index (χ0n) is 17.4. The van der Waals surface area contributed by atoms with Crippen molar-refractivity contribution in [3.8, 4) is 11.5 Å². The van der Waals surface area contributed by atoms with Gasteiger partial charge in [-0.2, -0.15) is 0 Å². The van der Waals surface area contributed by atoms with E-state index in [0.717, 1.165) is 29.8 Å². The summed E-state index contributed by atoms with van der Waals surface area (Å²) in [6, 6.07) is 26.3. The predicted octanol–water partition coefficient (Wildman–Crippen LogP) is 5.70. The summed E-state index contributed by atoms with van der Waals surface area (Å²) < 4.78 is 5.86. The highest BCUT2D eigenvalue weighted by Gasteiger charge is 2.13. The van der Waals surface area contributed by atoms with Crippen molar-refractivity contribution in [1.82, 2.24) is 4.90 Å². The third-order valence-corrected chi connectivity index (χ3v) is 4.88. The molecule has 0 saturated heterocycles. The van der Waals surface area contributed by atoms with Crippen LogP contribution in [0.4, 0.5) is 0 Å². The van der Waals surface area contributed by atoms with Crippen LogP contribution in [0.3, 0.4) is 0 Å². The molecule has 0 aliphatic rings. The Balaban J connectivity index is 2.01. The lowest BCUT2D eigenvalue weighted by atomic mass is 9.88. The highest BCUT2D eigenvalue weighted by molar-refractivity contribution is 5.98. The molecule has 3 aromatic rings. The second kappa shape index (κ2) is 9.94. The summed E-state index contributed by atoms with van der Waals surface area (Å²) in [5.74, 6) is 1.16. The normalized spacial score (nSPS) is 12.0. The van der Waals surface area contributed by atoms with E-state index >= 15 is 0 Å². The Bertz CT molecular complexity index is 927. The third kappa shape index (κ3) is 5.49. The molecule has 3 aromatic carbocycles. The summed E-state index contributed by atoms with van der Waals surface area (Å²) in [6.07, 6.45) is 0.885. The van der Waals surface area contributed by atoms with E-state index in [4.69, 9.17) is 4.74 Å². The van der Waals surface area contributed by atoms with Crippen LogP contribution in [-0.2, 0) is 0 Å². The Morgan fingerprint density at radius 1 is 0.793 bits per heavy atom. The topological polar surface area (TPSA) is 32.7 Å². The summed E-state index contributed by atoms with van der Waals surface area (Å²) in [5.41, 5.74) is 5.91. The van der Waals surface area contributed by atoms with E-state index in [2.05, 4.69) is 48.2 Å². The molecule has 150 valence electrons. The van der Waals surface area contributed by atoms with Gasteiger partial charge in [-0.1, -0.05) is 61.5 Å². The molecule has 29 heavy (non-hydrogen) atoms.